The van der Waals surface area contributed by atoms with Gasteiger partial charge in [-0.3, -0.25) is 9.69 Å². The smallest absolute Gasteiger partial charge is 0.260 e. The van der Waals surface area contributed by atoms with Gasteiger partial charge >= 0.3 is 0 Å². The third-order valence-corrected chi connectivity index (χ3v) is 7.61. The number of phenolic OH excluding ortho intramolecular Hbond substituents is 1. The van der Waals surface area contributed by atoms with Crippen LogP contribution in [0.4, 0.5) is 5.69 Å². The van der Waals surface area contributed by atoms with Gasteiger partial charge in [-0.15, -0.1) is 0 Å². The van der Waals surface area contributed by atoms with Crippen molar-refractivity contribution in [3.8, 4) is 39.6 Å². The maximum atomic E-state index is 12.9. The zero-order chi connectivity index (χ0) is 29.2. The normalized spacial score (nSPS) is 16.2. The number of anilines is 1. The lowest BCUT2D eigenvalue weighted by atomic mass is 9.96. The number of hydrogen-bond acceptors (Lipinski definition) is 9. The summed E-state index contributed by atoms with van der Waals surface area (Å²) in [7, 11) is 1.50. The number of nitrogens with zero attached hydrogens (tertiary/aromatic N) is 2. The molecule has 3 heterocycles. The Morgan fingerprint density at radius 3 is 2.52 bits per heavy atom. The number of benzene rings is 3. The van der Waals surface area contributed by atoms with Crippen molar-refractivity contribution in [1.29, 1.82) is 0 Å². The van der Waals surface area contributed by atoms with E-state index in [1.54, 1.807) is 30.3 Å². The first kappa shape index (κ1) is 27.6. The number of aliphatic hydroxyl groups excluding tert-OH is 1. The summed E-state index contributed by atoms with van der Waals surface area (Å²) in [5.74, 6) is -0.204. The van der Waals surface area contributed by atoms with E-state index in [1.807, 2.05) is 24.3 Å². The highest BCUT2D eigenvalue weighted by Gasteiger charge is 2.31. The number of para-hydroxylation sites is 1. The molecule has 4 aromatic rings. The van der Waals surface area contributed by atoms with Gasteiger partial charge in [0.25, 0.3) is 11.8 Å². The largest absolute Gasteiger partial charge is 0.504 e. The van der Waals surface area contributed by atoms with Gasteiger partial charge in [-0.05, 0) is 34.5 Å². The molecule has 0 saturated carbocycles. The first-order valence-electron chi connectivity index (χ1n) is 13.4. The number of hydrogen-bond donors (Lipinski definition) is 3. The standard InChI is InChI=1S/C31H28ClN3O7/c1-39-25-4-2-3-20(29(25)36)18-5-7-19(8-6-18)21-15-22-24(16-23(21)32)33-31(38)28(22)30(37)26-17-27(34-42-26)41-14-11-35-9-12-40-13-10-35/h2-8,15-17,36-37H,9-14H2,1H3,(H,33,38). The van der Waals surface area contributed by atoms with Crippen molar-refractivity contribution in [3.05, 3.63) is 77.0 Å². The Bertz CT molecular complexity index is 1660. The molecule has 1 fully saturated rings. The van der Waals surface area contributed by atoms with Crippen LogP contribution in [0.5, 0.6) is 17.4 Å². The number of aromatic hydroxyl groups is 1. The van der Waals surface area contributed by atoms with Crippen LogP contribution in [-0.2, 0) is 9.53 Å². The van der Waals surface area contributed by atoms with Crippen molar-refractivity contribution < 1.29 is 33.7 Å². The molecule has 216 valence electrons. The zero-order valence-corrected chi connectivity index (χ0v) is 23.5. The Labute approximate surface area is 246 Å². The molecule has 0 bridgehead atoms. The predicted molar refractivity (Wildman–Crippen MR) is 158 cm³/mol. The highest BCUT2D eigenvalue weighted by molar-refractivity contribution is 6.38. The molecular formula is C31H28ClN3O7. The van der Waals surface area contributed by atoms with Crippen LogP contribution in [0.1, 0.15) is 11.3 Å². The second kappa shape index (κ2) is 11.8. The number of fused-ring (bicyclic) bond motifs is 1. The minimum absolute atomic E-state index is 0.00771. The van der Waals surface area contributed by atoms with Crippen LogP contribution in [-0.4, -0.2) is 72.7 Å². The van der Waals surface area contributed by atoms with E-state index >= 15 is 0 Å². The van der Waals surface area contributed by atoms with E-state index < -0.39 is 5.91 Å². The van der Waals surface area contributed by atoms with Gasteiger partial charge in [-0.1, -0.05) is 48.0 Å². The molecular weight excluding hydrogens is 562 g/mol. The summed E-state index contributed by atoms with van der Waals surface area (Å²) >= 11 is 6.62. The Kier molecular flexibility index (Phi) is 7.75. The minimum Gasteiger partial charge on any atom is -0.504 e. The van der Waals surface area contributed by atoms with Gasteiger partial charge in [0.2, 0.25) is 5.76 Å². The molecule has 10 nitrogen and oxygen atoms in total. The number of rotatable bonds is 8. The van der Waals surface area contributed by atoms with Gasteiger partial charge in [-0.2, -0.15) is 0 Å². The van der Waals surface area contributed by atoms with Crippen LogP contribution < -0.4 is 14.8 Å². The number of phenols is 1. The molecule has 0 unspecified atom stereocenters. The molecule has 2 aliphatic rings. The van der Waals surface area contributed by atoms with Crippen LogP contribution in [0.15, 0.2) is 65.2 Å². The predicted octanol–water partition coefficient (Wildman–Crippen LogP) is 5.47. The van der Waals surface area contributed by atoms with Crippen molar-refractivity contribution in [2.24, 2.45) is 0 Å². The zero-order valence-electron chi connectivity index (χ0n) is 22.7. The molecule has 0 radical (unpaired) electrons. The summed E-state index contributed by atoms with van der Waals surface area (Å²) in [4.78, 5) is 15.2. The Morgan fingerprint density at radius 2 is 1.79 bits per heavy atom. The van der Waals surface area contributed by atoms with E-state index in [2.05, 4.69) is 15.4 Å². The molecule has 42 heavy (non-hydrogen) atoms. The molecule has 1 aromatic heterocycles. The van der Waals surface area contributed by atoms with Crippen LogP contribution in [0.25, 0.3) is 33.6 Å². The van der Waals surface area contributed by atoms with Gasteiger partial charge in [0, 0.05) is 36.3 Å². The SMILES string of the molecule is COc1cccc(-c2ccc(-c3cc4c(cc3Cl)NC(=O)C4=C(O)c3cc(OCCN4CCOCC4)no3)cc2)c1O. The fourth-order valence-electron chi connectivity index (χ4n) is 5.06. The number of methoxy groups -OCH3 is 1. The van der Waals surface area contributed by atoms with Gasteiger partial charge in [0.05, 0.1) is 42.7 Å². The molecule has 6 rings (SSSR count). The average molecular weight is 590 g/mol. The van der Waals surface area contributed by atoms with E-state index in [4.69, 9.17) is 30.3 Å². The number of aromatic nitrogens is 1. The average Bonchev–Trinajstić information content (AvgIpc) is 3.60. The van der Waals surface area contributed by atoms with E-state index in [1.165, 1.54) is 13.2 Å². The highest BCUT2D eigenvalue weighted by Crippen LogP contribution is 2.43. The Morgan fingerprint density at radius 1 is 1.05 bits per heavy atom. The summed E-state index contributed by atoms with van der Waals surface area (Å²) in [6, 6.07) is 17.6. The molecule has 3 N–H and O–H groups in total. The minimum atomic E-state index is -0.495. The van der Waals surface area contributed by atoms with Crippen molar-refractivity contribution in [2.75, 3.05) is 51.9 Å². The van der Waals surface area contributed by atoms with E-state index in [-0.39, 0.29) is 28.7 Å². The molecule has 1 amide bonds. The number of morpholine rings is 1. The van der Waals surface area contributed by atoms with Gasteiger partial charge < -0.3 is 34.3 Å². The lowest BCUT2D eigenvalue weighted by Crippen LogP contribution is -2.38. The summed E-state index contributed by atoms with van der Waals surface area (Å²) in [5, 5.41) is 28.7. The number of amides is 1. The summed E-state index contributed by atoms with van der Waals surface area (Å²) < 4.78 is 21.6. The molecule has 1 saturated heterocycles. The number of halogens is 1. The summed E-state index contributed by atoms with van der Waals surface area (Å²) in [6.45, 7) is 4.19. The van der Waals surface area contributed by atoms with E-state index in [0.29, 0.717) is 59.5 Å². The molecule has 11 heteroatoms. The fourth-order valence-corrected chi connectivity index (χ4v) is 5.33. The van der Waals surface area contributed by atoms with Gasteiger partial charge in [0.15, 0.2) is 17.3 Å². The van der Waals surface area contributed by atoms with Gasteiger partial charge in [-0.25, -0.2) is 0 Å². The van der Waals surface area contributed by atoms with Crippen molar-refractivity contribution in [3.63, 3.8) is 0 Å². The maximum Gasteiger partial charge on any atom is 0.260 e. The summed E-state index contributed by atoms with van der Waals surface area (Å²) in [6.07, 6.45) is 0. The first-order chi connectivity index (χ1) is 20.4. The second-order valence-corrected chi connectivity index (χ2v) is 10.2. The third kappa shape index (κ3) is 5.39. The van der Waals surface area contributed by atoms with Crippen molar-refractivity contribution in [2.45, 2.75) is 0 Å². The number of aliphatic hydroxyl groups is 1. The van der Waals surface area contributed by atoms with Crippen molar-refractivity contribution in [1.82, 2.24) is 10.1 Å². The lowest BCUT2D eigenvalue weighted by Gasteiger charge is -2.26. The molecule has 0 spiro atoms. The Hall–Kier alpha value is -4.51. The van der Waals surface area contributed by atoms with E-state index in [0.717, 1.165) is 24.2 Å². The van der Waals surface area contributed by atoms with Crippen LogP contribution in [0.2, 0.25) is 5.02 Å². The summed E-state index contributed by atoms with van der Waals surface area (Å²) in [5.41, 5.74) is 3.83. The molecule has 3 aromatic carbocycles. The molecule has 2 aliphatic heterocycles. The number of carbonyl (C=O) groups excluding carboxylic acids is 1. The van der Waals surface area contributed by atoms with E-state index in [9.17, 15) is 15.0 Å². The highest BCUT2D eigenvalue weighted by atomic mass is 35.5. The quantitative estimate of drug-likeness (QED) is 0.181. The van der Waals surface area contributed by atoms with Crippen LogP contribution >= 0.6 is 11.6 Å². The van der Waals surface area contributed by atoms with Crippen LogP contribution in [0.3, 0.4) is 0 Å². The van der Waals surface area contributed by atoms with Crippen LogP contribution in [0, 0.1) is 0 Å². The second-order valence-electron chi connectivity index (χ2n) is 9.82. The van der Waals surface area contributed by atoms with Crippen molar-refractivity contribution >= 4 is 34.5 Å². The number of carbonyl (C=O) groups is 1. The molecule has 0 atom stereocenters. The third-order valence-electron chi connectivity index (χ3n) is 7.30. The maximum absolute atomic E-state index is 12.9. The number of ether oxygens (including phenoxy) is 3. The van der Waals surface area contributed by atoms with Gasteiger partial charge in [0.1, 0.15) is 6.61 Å². The Balaban J connectivity index is 1.25. The first-order valence-corrected chi connectivity index (χ1v) is 13.8. The lowest BCUT2D eigenvalue weighted by molar-refractivity contribution is -0.110. The fraction of sp³-hybridized carbons (Fsp3) is 0.226. The molecule has 0 aliphatic carbocycles. The number of nitrogens with one attached hydrogen (secondary N) is 1. The monoisotopic (exact) mass is 589 g/mol. The topological polar surface area (TPSA) is 127 Å².